The largest absolute Gasteiger partial charge is 3.00 e. The molecule has 0 fully saturated rings. The monoisotopic (exact) mass is 420 g/mol. The molecule has 0 amide bonds. The van der Waals surface area contributed by atoms with E-state index < -0.39 is 9.04 Å². The number of hydrogen-bond acceptors (Lipinski definition) is 1. The van der Waals surface area contributed by atoms with Crippen molar-refractivity contribution in [3.8, 4) is 0 Å². The molecule has 2 aromatic rings. The van der Waals surface area contributed by atoms with Crippen molar-refractivity contribution in [2.24, 2.45) is 0 Å². The van der Waals surface area contributed by atoms with Crippen LogP contribution in [0.25, 0.3) is 10.8 Å². The second-order valence-electron chi connectivity index (χ2n) is 6.04. The van der Waals surface area contributed by atoms with E-state index >= 15 is 0 Å². The number of hydrogen-bond donors (Lipinski definition) is 1. The van der Waals surface area contributed by atoms with Crippen LogP contribution in [0.5, 0.6) is 0 Å². The van der Waals surface area contributed by atoms with Crippen molar-refractivity contribution in [3.63, 3.8) is 0 Å². The Morgan fingerprint density at radius 3 is 2.00 bits per heavy atom. The Labute approximate surface area is 162 Å². The van der Waals surface area contributed by atoms with Gasteiger partial charge in [-0.15, -0.1) is 34.5 Å². The molecule has 0 aromatic heterocycles. The predicted octanol–water partition coefficient (Wildman–Crippen LogP) is -1.60. The molecular formula is C16H24Cl2OSiZr. The van der Waals surface area contributed by atoms with E-state index in [0.717, 1.165) is 0 Å². The van der Waals surface area contributed by atoms with Gasteiger partial charge in [0.2, 0.25) is 0 Å². The number of aryl methyl sites for hydroxylation is 1. The van der Waals surface area contributed by atoms with Crippen molar-refractivity contribution in [1.29, 1.82) is 0 Å². The summed E-state index contributed by atoms with van der Waals surface area (Å²) >= 11 is 0. The second kappa shape index (κ2) is 11.1. The Hall–Kier alpha value is 0.470. The maximum absolute atomic E-state index is 8.16. The molecule has 2 rings (SSSR count). The van der Waals surface area contributed by atoms with Gasteiger partial charge in [0.15, 0.2) is 9.04 Å². The van der Waals surface area contributed by atoms with Gasteiger partial charge < -0.3 is 29.6 Å². The Bertz CT molecular complexity index is 516. The van der Waals surface area contributed by atoms with E-state index in [-0.39, 0.29) is 56.4 Å². The van der Waals surface area contributed by atoms with Gasteiger partial charge in [0, 0.05) is 0 Å². The first-order chi connectivity index (χ1) is 8.21. The molecule has 5 heteroatoms. The minimum absolute atomic E-state index is 0. The second-order valence-corrected chi connectivity index (χ2v) is 7.93. The summed E-state index contributed by atoms with van der Waals surface area (Å²) in [5.41, 5.74) is 3.04. The predicted molar refractivity (Wildman–Crippen MR) is 82.7 cm³/mol. The first kappa shape index (κ1) is 26.4. The number of rotatable bonds is 0. The van der Waals surface area contributed by atoms with Gasteiger partial charge in [-0.1, -0.05) is 39.3 Å². The molecular weight excluding hydrogens is 398 g/mol. The van der Waals surface area contributed by atoms with E-state index in [1.54, 1.807) is 0 Å². The van der Waals surface area contributed by atoms with Gasteiger partial charge in [-0.25, -0.2) is 0 Å². The minimum atomic E-state index is -0.880. The molecule has 0 aliphatic heterocycles. The van der Waals surface area contributed by atoms with Gasteiger partial charge in [0.1, 0.15) is 0 Å². The van der Waals surface area contributed by atoms with Crippen LogP contribution in [0.1, 0.15) is 31.9 Å². The van der Waals surface area contributed by atoms with Gasteiger partial charge in [0.25, 0.3) is 0 Å². The Morgan fingerprint density at radius 1 is 1.10 bits per heavy atom. The van der Waals surface area contributed by atoms with Gasteiger partial charge in [-0.3, -0.25) is 0 Å². The zero-order valence-electron chi connectivity index (χ0n) is 13.6. The first-order valence-corrected chi connectivity index (χ1v) is 8.82. The van der Waals surface area contributed by atoms with Crippen LogP contribution in [-0.2, 0) is 31.6 Å². The zero-order valence-corrected chi connectivity index (χ0v) is 18.6. The third-order valence-corrected chi connectivity index (χ3v) is 2.70. The van der Waals surface area contributed by atoms with Crippen LogP contribution in [0.4, 0.5) is 0 Å². The van der Waals surface area contributed by atoms with Crippen LogP contribution in [-0.4, -0.2) is 13.8 Å². The molecule has 0 spiro atoms. The Balaban J connectivity index is -0.000000417. The van der Waals surface area contributed by atoms with Gasteiger partial charge >= 0.3 is 26.2 Å². The average molecular weight is 423 g/mol. The topological polar surface area (TPSA) is 20.2 Å². The molecule has 0 saturated heterocycles. The first-order valence-electron chi connectivity index (χ1n) is 6.37. The fourth-order valence-corrected chi connectivity index (χ4v) is 2.04. The maximum atomic E-state index is 8.16. The normalized spacial score (nSPS) is 9.90. The molecule has 0 bridgehead atoms. The van der Waals surface area contributed by atoms with Crippen LogP contribution in [0.15, 0.2) is 30.3 Å². The molecule has 116 valence electrons. The maximum Gasteiger partial charge on any atom is 3.00 e. The van der Waals surface area contributed by atoms with Crippen molar-refractivity contribution >= 4 is 19.8 Å². The van der Waals surface area contributed by atoms with E-state index in [0.29, 0.717) is 0 Å². The molecule has 21 heavy (non-hydrogen) atoms. The third-order valence-electron chi connectivity index (χ3n) is 2.70. The molecule has 0 aliphatic carbocycles. The van der Waals surface area contributed by atoms with Crippen molar-refractivity contribution in [2.45, 2.75) is 46.2 Å². The summed E-state index contributed by atoms with van der Waals surface area (Å²) in [6.45, 7) is 12.6. The van der Waals surface area contributed by atoms with Crippen LogP contribution < -0.4 is 24.8 Å². The fourth-order valence-electron chi connectivity index (χ4n) is 2.04. The van der Waals surface area contributed by atoms with E-state index in [9.17, 15) is 0 Å². The molecule has 0 unspecified atom stereocenters. The van der Waals surface area contributed by atoms with Crippen LogP contribution in [0, 0.1) is 6.92 Å². The summed E-state index contributed by atoms with van der Waals surface area (Å²) in [5.74, 6) is 0. The molecule has 1 nitrogen and oxygen atoms in total. The summed E-state index contributed by atoms with van der Waals surface area (Å²) in [5, 5.41) is 2.78. The Morgan fingerprint density at radius 2 is 1.57 bits per heavy atom. The third kappa shape index (κ3) is 8.62. The number of fused-ring (bicyclic) bond motifs is 1. The molecule has 0 aliphatic rings. The quantitative estimate of drug-likeness (QED) is 0.401. The van der Waals surface area contributed by atoms with Gasteiger partial charge in [-0.2, -0.15) is 6.07 Å². The minimum Gasteiger partial charge on any atom is -1.00 e. The Kier molecular flexibility index (Phi) is 13.9. The summed E-state index contributed by atoms with van der Waals surface area (Å²) in [4.78, 5) is 8.16. The SMILES string of the molecule is C[Si](C)O.Cc1cc2c(C(C)(C)C)cccc2[cH-]1.[Cl-].[Cl-].[Zr+3]. The van der Waals surface area contributed by atoms with Gasteiger partial charge in [-0.05, 0) is 18.5 Å². The summed E-state index contributed by atoms with van der Waals surface area (Å²) < 4.78 is 0. The van der Waals surface area contributed by atoms with Crippen LogP contribution in [0.2, 0.25) is 13.1 Å². The molecule has 1 N–H and O–H groups in total. The molecule has 0 atom stereocenters. The molecule has 2 radical (unpaired) electrons. The average Bonchev–Trinajstić information content (AvgIpc) is 2.54. The summed E-state index contributed by atoms with van der Waals surface area (Å²) in [6.07, 6.45) is 0. The van der Waals surface area contributed by atoms with Gasteiger partial charge in [0.05, 0.1) is 0 Å². The van der Waals surface area contributed by atoms with Crippen molar-refractivity contribution in [3.05, 3.63) is 41.5 Å². The van der Waals surface area contributed by atoms with E-state index in [2.05, 4.69) is 58.0 Å². The standard InChI is InChI=1S/C14H17.C2H7OSi.2ClH.Zr/c1-10-8-11-6-5-7-13(12(11)9-10)14(2,3)4;1-4(2)3;;;/h5-9H,1-4H3;3H,1-2H3;2*1H;/q-1;;;;+3/p-2. The molecule has 0 heterocycles. The fraction of sp³-hybridized carbons (Fsp3) is 0.438. The number of benzene rings is 1. The van der Waals surface area contributed by atoms with Crippen molar-refractivity contribution < 1.29 is 55.8 Å². The zero-order chi connectivity index (χ0) is 13.9. The van der Waals surface area contributed by atoms with Crippen LogP contribution in [0.3, 0.4) is 0 Å². The molecule has 0 saturated carbocycles. The van der Waals surface area contributed by atoms with Crippen molar-refractivity contribution in [2.75, 3.05) is 0 Å². The summed E-state index contributed by atoms with van der Waals surface area (Å²) in [7, 11) is -0.880. The number of halogens is 2. The smallest absolute Gasteiger partial charge is 1.00 e. The van der Waals surface area contributed by atoms with E-state index in [1.165, 1.54) is 21.9 Å². The van der Waals surface area contributed by atoms with E-state index in [1.807, 2.05) is 13.1 Å². The van der Waals surface area contributed by atoms with Crippen LogP contribution >= 0.6 is 0 Å². The van der Waals surface area contributed by atoms with Crippen molar-refractivity contribution in [1.82, 2.24) is 0 Å². The van der Waals surface area contributed by atoms with E-state index in [4.69, 9.17) is 4.80 Å². The molecule has 2 aromatic carbocycles. The summed E-state index contributed by atoms with van der Waals surface area (Å²) in [6, 6.07) is 11.1.